The molecule has 6 aliphatic heterocycles. The number of nitrogens with one attached hydrogen (secondary N) is 2. The summed E-state index contributed by atoms with van der Waals surface area (Å²) in [5.74, 6) is -1.94. The van der Waals surface area contributed by atoms with E-state index in [1.807, 2.05) is 41.5 Å². The van der Waals surface area contributed by atoms with Gasteiger partial charge in [0.15, 0.2) is 18.9 Å². The van der Waals surface area contributed by atoms with Crippen molar-refractivity contribution in [2.24, 2.45) is 16.7 Å². The van der Waals surface area contributed by atoms with Gasteiger partial charge in [0.1, 0.15) is 60.9 Å². The van der Waals surface area contributed by atoms with E-state index in [-0.39, 0.29) is 225 Å². The first kappa shape index (κ1) is 134. The Hall–Kier alpha value is -2.92. The molecule has 17 N–H and O–H groups in total. The van der Waals surface area contributed by atoms with Crippen LogP contribution in [0.1, 0.15) is 222 Å². The minimum Gasteiger partial charge on any atom is -0.400 e. The molecule has 0 aliphatic carbocycles. The van der Waals surface area contributed by atoms with Gasteiger partial charge in [-0.1, -0.05) is 69.2 Å². The van der Waals surface area contributed by atoms with Gasteiger partial charge in [-0.2, -0.15) is 0 Å². The summed E-state index contributed by atoms with van der Waals surface area (Å²) in [5.41, 5.74) is -1.39. The second-order valence-electron chi connectivity index (χ2n) is 33.7. The summed E-state index contributed by atoms with van der Waals surface area (Å²) in [6, 6.07) is -2.19. The van der Waals surface area contributed by atoms with Crippen molar-refractivity contribution in [3.63, 3.8) is 0 Å². The van der Waals surface area contributed by atoms with Crippen LogP contribution in [0.15, 0.2) is 0 Å². The van der Waals surface area contributed by atoms with Gasteiger partial charge in [0.2, 0.25) is 33.8 Å². The van der Waals surface area contributed by atoms with Crippen LogP contribution in [0.2, 0.25) is 0 Å². The van der Waals surface area contributed by atoms with Crippen LogP contribution in [0.3, 0.4) is 0 Å². The van der Waals surface area contributed by atoms with E-state index in [0.29, 0.717) is 125 Å². The van der Waals surface area contributed by atoms with Crippen LogP contribution < -0.4 is 10.6 Å². The lowest BCUT2D eigenvalue weighted by Crippen LogP contribution is -2.64. The van der Waals surface area contributed by atoms with Crippen LogP contribution in [-0.2, 0) is 154 Å². The van der Waals surface area contributed by atoms with Crippen LogP contribution in [-0.4, -0.2) is 455 Å². The van der Waals surface area contributed by atoms with E-state index >= 15 is 0 Å². The summed E-state index contributed by atoms with van der Waals surface area (Å²) in [7, 11) is -6.72. The number of carbonyl (C=O) groups is 5. The highest BCUT2D eigenvalue weighted by molar-refractivity contribution is 8.07. The molecule has 0 bridgehead atoms. The van der Waals surface area contributed by atoms with Gasteiger partial charge < -0.3 is 168 Å². The van der Waals surface area contributed by atoms with Crippen molar-refractivity contribution < 1.29 is 211 Å². The molecule has 6 fully saturated rings. The number of phosphoric ester groups is 3. The number of piperidine rings is 3. The molecule has 6 saturated heterocycles. The van der Waals surface area contributed by atoms with Crippen LogP contribution >= 0.6 is 23.5 Å². The van der Waals surface area contributed by atoms with E-state index in [2.05, 4.69) is 48.3 Å². The van der Waals surface area contributed by atoms with Gasteiger partial charge in [0, 0.05) is 200 Å². The van der Waals surface area contributed by atoms with Crippen LogP contribution in [0.25, 0.3) is 0 Å². The van der Waals surface area contributed by atoms with E-state index in [4.69, 9.17) is 102 Å². The minimum atomic E-state index is -4.57. The topological polar surface area (TPSA) is 658 Å². The molecule has 18 unspecified atom stereocenters. The third-order valence-corrected chi connectivity index (χ3v) is 25.6. The summed E-state index contributed by atoms with van der Waals surface area (Å²) in [6.07, 6.45) is -9.39. The molecule has 0 saturated carbocycles. The molecule has 864 valence electrons. The van der Waals surface area contributed by atoms with Crippen molar-refractivity contribution in [3.8, 4) is 0 Å². The fourth-order valence-corrected chi connectivity index (χ4v) is 18.3. The largest absolute Gasteiger partial charge is 0.472 e. The second-order valence-corrected chi connectivity index (χ2v) is 37.9. The predicted molar refractivity (Wildman–Crippen MR) is 538 cm³/mol. The van der Waals surface area contributed by atoms with Gasteiger partial charge in [-0.05, 0) is 116 Å². The third-order valence-electron chi connectivity index (χ3n) is 22.4. The Labute approximate surface area is 877 Å². The Morgan fingerprint density at radius 1 is 0.393 bits per heavy atom. The second kappa shape index (κ2) is 88.3. The molecule has 0 aromatic rings. The number of rotatable bonds is 66. The number of nitrogens with zero attached hydrogens (tertiary/aromatic N) is 3. The number of carbonyl (C=O) groups excluding carboxylic acids is 5. The van der Waals surface area contributed by atoms with Crippen molar-refractivity contribution >= 4 is 75.4 Å². The lowest BCUT2D eigenvalue weighted by atomic mass is 9.92. The quantitative estimate of drug-likeness (QED) is 0.0306. The molecule has 145 heavy (non-hydrogen) atoms. The molecule has 6 heterocycles. The van der Waals surface area contributed by atoms with E-state index in [1.165, 1.54) is 42.3 Å². The maximum Gasteiger partial charge on any atom is 0.472 e. The maximum absolute atomic E-state index is 13.1. The highest BCUT2D eigenvalue weighted by Gasteiger charge is 2.49. The molecular weight excluding hydrogens is 2020 g/mol. The van der Waals surface area contributed by atoms with Gasteiger partial charge in [0.25, 0.3) is 0 Å². The van der Waals surface area contributed by atoms with E-state index in [0.717, 1.165) is 0 Å². The van der Waals surface area contributed by atoms with Gasteiger partial charge in [-0.3, -0.25) is 51.1 Å². The summed E-state index contributed by atoms with van der Waals surface area (Å²) in [5, 5.41) is 106. The summed E-state index contributed by atoms with van der Waals surface area (Å²) in [6.45, 7) is 20.2. The van der Waals surface area contributed by atoms with Crippen LogP contribution in [0.4, 0.5) is 0 Å². The third kappa shape index (κ3) is 61.2. The molecule has 48 nitrogen and oxygen atoms in total. The number of hydrogen-bond donors (Lipinski definition) is 17. The number of ether oxygens (including phenoxy) is 14. The Morgan fingerprint density at radius 3 is 0.890 bits per heavy atom. The van der Waals surface area contributed by atoms with E-state index < -0.39 is 171 Å². The zero-order valence-electron chi connectivity index (χ0n) is 93.9. The van der Waals surface area contributed by atoms with Crippen molar-refractivity contribution in [2.45, 2.75) is 322 Å². The average molecular weight is 2220 g/mol. The number of amides is 5. The summed E-state index contributed by atoms with van der Waals surface area (Å²) >= 11 is 7.33. The fourth-order valence-electron chi connectivity index (χ4n) is 15.3. The minimum absolute atomic E-state index is 0.0135. The van der Waals surface area contributed by atoms with Gasteiger partial charge in [-0.15, -0.1) is 0 Å². The first-order valence-electron chi connectivity index (χ1n) is 53.2. The molecule has 6 rings (SSSR count). The fraction of sp³-hybridized carbons (Fsp3) is 0.946. The van der Waals surface area contributed by atoms with Crippen molar-refractivity contribution in [1.29, 1.82) is 4.29 Å². The monoisotopic (exact) mass is 2220 g/mol. The maximum atomic E-state index is 13.1. The standard InChI is InChI=1S/C68H124N5O36P3.C15H32O4.3C2H6.3CH4O.S2/c1-45-59(82)60(83)51(38-74)104-65(45)98-32-8-5-14-54(79)71-23-17-48(18-24-71)107-110(88,89)101-35-11-29-95-42-68(41-94-4,43-96-30-12-36-102-111(90,91)108-49-19-25-72(26-20-49)55(80)15-6-9-33-99-66-57(69-46(2)77)63(86)61(84)52(39-75)105-66)44-97-31-13-37-103-112(92,93)109-50-21-27-73(28-22-50)56(81)16-7-10-34-100-67-58(70-47(3)78)64(87)62(85)53(40-76)106-67;1-5-8-17-12-15(11-16-4,13-18-9-6-2)14-19-10-7-3;7*1-2/h45,48-53,57-67,74-76,82-87H,5-44H2,1-4H3,(H,69,77)(H,70,78)(H,88,89)(H,90,91)(H,92,93);5-14H2,1-4H3;3*1-2H3;3*2H,1H3;/i;1D,2D,3D;;;;3*2T;. The first-order chi connectivity index (χ1) is 72.3. The molecule has 53 heteroatoms. The molecule has 0 aromatic carbocycles. The molecular formula is C92H186N5O43P3S2. The number of likely N-dealkylation sites (tertiary alicyclic amines) is 3. The van der Waals surface area contributed by atoms with Gasteiger partial charge in [-0.25, -0.2) is 13.7 Å². The number of unbranched alkanes of at least 4 members (excludes halogenated alkanes) is 3. The van der Waals surface area contributed by atoms with E-state index in [1.54, 1.807) is 28.7 Å². The number of methoxy groups -OCH3 is 2. The number of hydrogen-bond acceptors (Lipinski definition) is 42. The van der Waals surface area contributed by atoms with Crippen molar-refractivity contribution in [3.05, 3.63) is 0 Å². The SMILES string of the molecule is CC.CC.CC.COCC(COCCCOP(=O)(O)OC1CCN(C(=O)CCCCOC2OC(CO)C(O)C(O)C2C)CC1)(COCCCOP(=O)(O)OC1CCN(C(=O)CCCCOC2OC(CO)C(O)C(O)C2NC(C)=O)CC1)COCCCOP(=O)(O)OC1CCN(C(=O)CCCCOC2OC(CO)C(O)C(O)C2NC(C)=O)CC1.S=S.[2H]CCCOCC(COC)(COCCC[2H])COCCC[2H].[3H]OC.[3H]OC.[3H]OC. The number of aliphatic hydroxyl groups is 12. The molecule has 6 aliphatic rings. The highest BCUT2D eigenvalue weighted by atomic mass is 32.8. The first-order valence-corrected chi connectivity index (χ1v) is 55.7. The van der Waals surface area contributed by atoms with Crippen LogP contribution in [0.5, 0.6) is 0 Å². The number of phosphoric acid groups is 3. The molecule has 0 spiro atoms. The zero-order valence-corrected chi connectivity index (χ0v) is 92.2. The Bertz CT molecular complexity index is 3310. The summed E-state index contributed by atoms with van der Waals surface area (Å²) < 4.78 is 190. The van der Waals surface area contributed by atoms with Crippen LogP contribution in [0, 0.1) is 16.7 Å². The van der Waals surface area contributed by atoms with Crippen molar-refractivity contribution in [2.75, 3.05) is 227 Å². The lowest BCUT2D eigenvalue weighted by molar-refractivity contribution is -0.282. The Kier molecular flexibility index (Phi) is 81.8. The zero-order chi connectivity index (χ0) is 115. The van der Waals surface area contributed by atoms with Gasteiger partial charge in [0.05, 0.1) is 128 Å². The lowest BCUT2D eigenvalue weighted by Gasteiger charge is -2.42. The Balaban J connectivity index is -0.00000478. The number of aliphatic hydroxyl groups excluding tert-OH is 12. The molecule has 0 aromatic heterocycles. The highest BCUT2D eigenvalue weighted by Crippen LogP contribution is 2.49. The summed E-state index contributed by atoms with van der Waals surface area (Å²) in [4.78, 5) is 99.5. The molecule has 0 radical (unpaired) electrons. The predicted octanol–water partition coefficient (Wildman–Crippen LogP) is 3.53. The normalized spacial score (nSPS) is 25.1. The molecule has 5 amide bonds. The van der Waals surface area contributed by atoms with Crippen molar-refractivity contribution in [1.82, 2.24) is 25.3 Å². The average Bonchev–Trinajstić information content (AvgIpc) is 0.800. The smallest absolute Gasteiger partial charge is 0.400 e. The molecule has 18 atom stereocenters. The Morgan fingerprint density at radius 2 is 0.641 bits per heavy atom. The van der Waals surface area contributed by atoms with E-state index in [9.17, 15) is 98.3 Å². The van der Waals surface area contributed by atoms with Gasteiger partial charge >= 0.3 is 23.5 Å².